The van der Waals surface area contributed by atoms with Gasteiger partial charge in [0.1, 0.15) is 0 Å². The predicted molar refractivity (Wildman–Crippen MR) is 94.2 cm³/mol. The Kier molecular flexibility index (Phi) is 3.38. The average molecular weight is 290 g/mol. The van der Waals surface area contributed by atoms with Gasteiger partial charge in [0.15, 0.2) is 0 Å². The van der Waals surface area contributed by atoms with Gasteiger partial charge in [-0.1, -0.05) is 36.4 Å². The molecule has 112 valence electrons. The lowest BCUT2D eigenvalue weighted by Crippen LogP contribution is -2.28. The maximum Gasteiger partial charge on any atom is 0.0502 e. The van der Waals surface area contributed by atoms with Crippen LogP contribution in [-0.2, 0) is 0 Å². The molecular weight excluding hydrogens is 268 g/mol. The first-order chi connectivity index (χ1) is 10.8. The van der Waals surface area contributed by atoms with E-state index >= 15 is 0 Å². The second-order valence-corrected chi connectivity index (χ2v) is 6.21. The van der Waals surface area contributed by atoms with Gasteiger partial charge in [-0.05, 0) is 37.5 Å². The Morgan fingerprint density at radius 1 is 0.773 bits per heavy atom. The zero-order valence-electron chi connectivity index (χ0n) is 13.1. The topological polar surface area (TPSA) is 6.48 Å². The molecule has 22 heavy (non-hydrogen) atoms. The van der Waals surface area contributed by atoms with Crippen molar-refractivity contribution in [2.45, 2.75) is 19.3 Å². The van der Waals surface area contributed by atoms with E-state index in [1.54, 1.807) is 0 Å². The molecule has 2 nitrogen and oxygen atoms in total. The normalized spacial score (nSPS) is 17.4. The molecule has 0 radical (unpaired) electrons. The minimum atomic E-state index is 1.17. The van der Waals surface area contributed by atoms with Crippen LogP contribution in [0.3, 0.4) is 0 Å². The van der Waals surface area contributed by atoms with E-state index in [0.717, 1.165) is 0 Å². The number of benzene rings is 2. The minimum absolute atomic E-state index is 1.17. The second-order valence-electron chi connectivity index (χ2n) is 6.21. The van der Waals surface area contributed by atoms with Gasteiger partial charge in [0, 0.05) is 42.6 Å². The van der Waals surface area contributed by atoms with Gasteiger partial charge in [0.2, 0.25) is 0 Å². The van der Waals surface area contributed by atoms with E-state index in [4.69, 9.17) is 0 Å². The highest BCUT2D eigenvalue weighted by molar-refractivity contribution is 5.94. The first-order valence-electron chi connectivity index (χ1n) is 8.23. The van der Waals surface area contributed by atoms with Crippen LogP contribution in [0.15, 0.2) is 48.5 Å². The molecule has 2 heteroatoms. The maximum atomic E-state index is 2.57. The third kappa shape index (κ3) is 2.19. The molecule has 2 aliphatic heterocycles. The van der Waals surface area contributed by atoms with Crippen molar-refractivity contribution in [2.24, 2.45) is 0 Å². The highest BCUT2D eigenvalue weighted by Gasteiger charge is 2.23. The van der Waals surface area contributed by atoms with E-state index in [9.17, 15) is 0 Å². The van der Waals surface area contributed by atoms with Crippen LogP contribution in [-0.4, -0.2) is 25.0 Å². The molecule has 0 saturated carbocycles. The van der Waals surface area contributed by atoms with Crippen LogP contribution in [0.2, 0.25) is 0 Å². The van der Waals surface area contributed by atoms with E-state index in [1.807, 2.05) is 0 Å². The molecule has 0 unspecified atom stereocenters. The fourth-order valence-electron chi connectivity index (χ4n) is 3.65. The summed E-state index contributed by atoms with van der Waals surface area (Å²) in [5, 5.41) is 0. The van der Waals surface area contributed by atoms with E-state index in [2.05, 4.69) is 71.5 Å². The van der Waals surface area contributed by atoms with E-state index in [0.29, 0.717) is 0 Å². The number of rotatable bonds is 1. The fraction of sp³-hybridized carbons (Fsp3) is 0.300. The van der Waals surface area contributed by atoms with Gasteiger partial charge in [-0.25, -0.2) is 0 Å². The molecule has 2 aliphatic rings. The number of hydrogen-bond acceptors (Lipinski definition) is 2. The van der Waals surface area contributed by atoms with Gasteiger partial charge in [-0.15, -0.1) is 0 Å². The lowest BCUT2D eigenvalue weighted by atomic mass is 10.0. The minimum Gasteiger partial charge on any atom is -0.371 e. The van der Waals surface area contributed by atoms with E-state index in [1.165, 1.54) is 60.6 Å². The lowest BCUT2D eigenvalue weighted by molar-refractivity contribution is 0.327. The van der Waals surface area contributed by atoms with E-state index in [-0.39, 0.29) is 0 Å². The van der Waals surface area contributed by atoms with Crippen molar-refractivity contribution in [1.82, 2.24) is 4.90 Å². The molecule has 0 N–H and O–H groups in total. The molecule has 0 atom stereocenters. The molecule has 4 rings (SSSR count). The summed E-state index contributed by atoms with van der Waals surface area (Å²) in [5.41, 5.74) is 6.61. The molecule has 0 aliphatic carbocycles. The quantitative estimate of drug-likeness (QED) is 0.747. The van der Waals surface area contributed by atoms with Crippen molar-refractivity contribution in [2.75, 3.05) is 25.0 Å². The monoisotopic (exact) mass is 290 g/mol. The van der Waals surface area contributed by atoms with Crippen LogP contribution in [0.1, 0.15) is 30.4 Å². The van der Waals surface area contributed by atoms with Crippen molar-refractivity contribution < 1.29 is 0 Å². The Labute approximate surface area is 132 Å². The lowest BCUT2D eigenvalue weighted by Gasteiger charge is -2.32. The van der Waals surface area contributed by atoms with E-state index < -0.39 is 0 Å². The summed E-state index contributed by atoms with van der Waals surface area (Å²) in [6, 6.07) is 17.5. The molecule has 1 saturated heterocycles. The van der Waals surface area contributed by atoms with Crippen molar-refractivity contribution in [3.8, 4) is 0 Å². The summed E-state index contributed by atoms with van der Waals surface area (Å²) in [7, 11) is 2.17. The zero-order chi connectivity index (χ0) is 14.9. The van der Waals surface area contributed by atoms with Gasteiger partial charge in [-0.2, -0.15) is 0 Å². The summed E-state index contributed by atoms with van der Waals surface area (Å²) in [6.07, 6.45) is 6.35. The summed E-state index contributed by atoms with van der Waals surface area (Å²) >= 11 is 0. The van der Waals surface area contributed by atoms with Crippen molar-refractivity contribution in [1.29, 1.82) is 0 Å². The van der Waals surface area contributed by atoms with Gasteiger partial charge in [-0.3, -0.25) is 0 Å². The smallest absolute Gasteiger partial charge is 0.0502 e. The third-order valence-corrected chi connectivity index (χ3v) is 4.83. The van der Waals surface area contributed by atoms with Crippen molar-refractivity contribution in [3.05, 3.63) is 59.7 Å². The van der Waals surface area contributed by atoms with Gasteiger partial charge >= 0.3 is 0 Å². The molecular formula is C20H22N2. The molecule has 0 amide bonds. The number of para-hydroxylation sites is 2. The Morgan fingerprint density at radius 2 is 1.45 bits per heavy atom. The number of anilines is 2. The Bertz CT molecular complexity index is 711. The molecule has 2 heterocycles. The Hall–Kier alpha value is -2.22. The molecule has 0 spiro atoms. The number of piperidine rings is 1. The highest BCUT2D eigenvalue weighted by atomic mass is 15.2. The van der Waals surface area contributed by atoms with Crippen molar-refractivity contribution >= 4 is 23.1 Å². The van der Waals surface area contributed by atoms with Crippen molar-refractivity contribution in [3.63, 3.8) is 0 Å². The molecule has 2 aromatic carbocycles. The standard InChI is InChI=1S/C20H22N2/c1-21-18-11-5-3-9-16(18)15-20(22-13-7-2-8-14-22)17-10-4-6-12-19(17)21/h3-6,9-12,15H,2,7-8,13-14H2,1H3. The largest absolute Gasteiger partial charge is 0.371 e. The second kappa shape index (κ2) is 5.53. The maximum absolute atomic E-state index is 2.57. The summed E-state index contributed by atoms with van der Waals surface area (Å²) in [5.74, 6) is 0. The molecule has 0 aromatic heterocycles. The Balaban J connectivity index is 1.91. The number of nitrogens with zero attached hydrogens (tertiary/aromatic N) is 2. The SMILES string of the molecule is CN1c2ccccc2C=C(N2CCCCC2)c2ccccc21. The Morgan fingerprint density at radius 3 is 2.27 bits per heavy atom. The highest BCUT2D eigenvalue weighted by Crippen LogP contribution is 2.40. The molecule has 2 aromatic rings. The van der Waals surface area contributed by atoms with Crippen LogP contribution in [0.5, 0.6) is 0 Å². The predicted octanol–water partition coefficient (Wildman–Crippen LogP) is 4.75. The van der Waals surface area contributed by atoms with Gasteiger partial charge in [0.05, 0.1) is 5.69 Å². The fourth-order valence-corrected chi connectivity index (χ4v) is 3.65. The summed E-state index contributed by atoms with van der Waals surface area (Å²) < 4.78 is 0. The van der Waals surface area contributed by atoms with Crippen LogP contribution >= 0.6 is 0 Å². The third-order valence-electron chi connectivity index (χ3n) is 4.83. The summed E-state index contributed by atoms with van der Waals surface area (Å²) in [6.45, 7) is 2.35. The van der Waals surface area contributed by atoms with Crippen LogP contribution < -0.4 is 4.90 Å². The van der Waals surface area contributed by atoms with Crippen LogP contribution in [0.25, 0.3) is 11.8 Å². The van der Waals surface area contributed by atoms with Crippen LogP contribution in [0.4, 0.5) is 11.4 Å². The van der Waals surface area contributed by atoms with Gasteiger partial charge < -0.3 is 9.80 Å². The number of fused-ring (bicyclic) bond motifs is 2. The molecule has 1 fully saturated rings. The van der Waals surface area contributed by atoms with Gasteiger partial charge in [0.25, 0.3) is 0 Å². The number of hydrogen-bond donors (Lipinski definition) is 0. The van der Waals surface area contributed by atoms with Crippen LogP contribution in [0, 0.1) is 0 Å². The summed E-state index contributed by atoms with van der Waals surface area (Å²) in [4.78, 5) is 4.89. The molecule has 0 bridgehead atoms. The first-order valence-corrected chi connectivity index (χ1v) is 8.23. The first kappa shape index (κ1) is 13.4. The average Bonchev–Trinajstić information content (AvgIpc) is 2.72. The number of likely N-dealkylation sites (tertiary alicyclic amines) is 1. The zero-order valence-corrected chi connectivity index (χ0v) is 13.1.